The fourth-order valence-electron chi connectivity index (χ4n) is 3.03. The highest BCUT2D eigenvalue weighted by atomic mass is 19.1. The zero-order valence-electron chi connectivity index (χ0n) is 14.1. The molecule has 0 spiro atoms. The largest absolute Gasteiger partial charge is 0.354 e. The number of hydrogen-bond acceptors (Lipinski definition) is 3. The second kappa shape index (κ2) is 6.73. The summed E-state index contributed by atoms with van der Waals surface area (Å²) in [6, 6.07) is 7.70. The van der Waals surface area contributed by atoms with Crippen molar-refractivity contribution in [2.45, 2.75) is 25.4 Å². The average molecular weight is 330 g/mol. The van der Waals surface area contributed by atoms with E-state index in [0.717, 1.165) is 19.4 Å². The third kappa shape index (κ3) is 3.64. The Kier molecular flexibility index (Phi) is 4.66. The molecule has 1 aliphatic rings. The van der Waals surface area contributed by atoms with Gasteiger partial charge in [0.15, 0.2) is 0 Å². The monoisotopic (exact) mass is 330 g/mol. The molecular weight excluding hydrogens is 307 g/mol. The van der Waals surface area contributed by atoms with Crippen LogP contribution in [0.3, 0.4) is 0 Å². The number of nitrogens with zero attached hydrogens (tertiary/aromatic N) is 3. The molecule has 1 aromatic carbocycles. The molecule has 1 heterocycles. The first kappa shape index (κ1) is 16.6. The lowest BCUT2D eigenvalue weighted by atomic mass is 10.0. The molecule has 24 heavy (non-hydrogen) atoms. The second-order valence-electron chi connectivity index (χ2n) is 6.81. The Morgan fingerprint density at radius 3 is 2.71 bits per heavy atom. The number of halogens is 1. The van der Waals surface area contributed by atoms with Gasteiger partial charge in [-0.15, -0.1) is 0 Å². The Labute approximate surface area is 141 Å². The van der Waals surface area contributed by atoms with E-state index in [1.54, 1.807) is 43.4 Å². The van der Waals surface area contributed by atoms with Gasteiger partial charge in [-0.1, -0.05) is 18.2 Å². The molecule has 0 bridgehead atoms. The van der Waals surface area contributed by atoms with Crippen molar-refractivity contribution < 1.29 is 9.18 Å². The number of hydrogen-bond donors (Lipinski definition) is 1. The molecule has 128 valence electrons. The Hall–Kier alpha value is -2.21. The Morgan fingerprint density at radius 2 is 2.12 bits per heavy atom. The summed E-state index contributed by atoms with van der Waals surface area (Å²) < 4.78 is 16.0. The number of amides is 1. The molecule has 0 radical (unpaired) electrons. The third-order valence-electron chi connectivity index (χ3n) is 4.62. The van der Waals surface area contributed by atoms with Crippen LogP contribution in [0, 0.1) is 11.2 Å². The van der Waals surface area contributed by atoms with E-state index in [0.29, 0.717) is 12.1 Å². The zero-order chi connectivity index (χ0) is 17.2. The molecule has 5 nitrogen and oxygen atoms in total. The van der Waals surface area contributed by atoms with E-state index in [-0.39, 0.29) is 17.1 Å². The fraction of sp³-hybridized carbons (Fsp3) is 0.444. The van der Waals surface area contributed by atoms with Crippen LogP contribution in [0.5, 0.6) is 0 Å². The van der Waals surface area contributed by atoms with Crippen LogP contribution in [0.2, 0.25) is 0 Å². The summed E-state index contributed by atoms with van der Waals surface area (Å²) in [4.78, 5) is 14.4. The highest BCUT2D eigenvalue weighted by Crippen LogP contribution is 2.46. The first-order chi connectivity index (χ1) is 11.5. The first-order valence-corrected chi connectivity index (χ1v) is 8.17. The topological polar surface area (TPSA) is 50.2 Å². The van der Waals surface area contributed by atoms with Crippen LogP contribution in [0.25, 0.3) is 0 Å². The number of carbonyl (C=O) groups excluding carboxylic acids is 1. The van der Waals surface area contributed by atoms with Crippen LogP contribution in [0.4, 0.5) is 4.39 Å². The minimum atomic E-state index is -0.633. The van der Waals surface area contributed by atoms with Gasteiger partial charge in [0.25, 0.3) is 0 Å². The van der Waals surface area contributed by atoms with Crippen molar-refractivity contribution in [3.8, 4) is 0 Å². The lowest BCUT2D eigenvalue weighted by molar-refractivity contribution is -0.126. The molecule has 1 aromatic heterocycles. The molecule has 1 fully saturated rings. The maximum atomic E-state index is 14.1. The van der Waals surface area contributed by atoms with E-state index in [2.05, 4.69) is 10.4 Å². The van der Waals surface area contributed by atoms with Gasteiger partial charge >= 0.3 is 0 Å². The molecule has 1 amide bonds. The highest BCUT2D eigenvalue weighted by molar-refractivity contribution is 5.83. The molecule has 1 saturated carbocycles. The third-order valence-corrected chi connectivity index (χ3v) is 4.62. The van der Waals surface area contributed by atoms with Crippen molar-refractivity contribution in [1.29, 1.82) is 0 Å². The lowest BCUT2D eigenvalue weighted by Crippen LogP contribution is -2.40. The van der Waals surface area contributed by atoms with Crippen LogP contribution in [-0.2, 0) is 11.3 Å². The molecular formula is C18H23FN4O. The van der Waals surface area contributed by atoms with Crippen molar-refractivity contribution in [3.05, 3.63) is 54.1 Å². The van der Waals surface area contributed by atoms with E-state index in [9.17, 15) is 9.18 Å². The maximum absolute atomic E-state index is 14.1. The minimum absolute atomic E-state index is 0.0772. The van der Waals surface area contributed by atoms with Crippen LogP contribution in [0.15, 0.2) is 42.7 Å². The molecule has 3 rings (SSSR count). The number of benzene rings is 1. The molecule has 1 atom stereocenters. The van der Waals surface area contributed by atoms with Gasteiger partial charge in [-0.25, -0.2) is 4.39 Å². The Bertz CT molecular complexity index is 695. The summed E-state index contributed by atoms with van der Waals surface area (Å²) in [5.74, 6) is -0.527. The summed E-state index contributed by atoms with van der Waals surface area (Å²) in [5, 5.41) is 7.25. The number of aromatic nitrogens is 2. The van der Waals surface area contributed by atoms with Gasteiger partial charge in [0.2, 0.25) is 5.91 Å². The predicted octanol–water partition coefficient (Wildman–Crippen LogP) is 2.22. The number of carbonyl (C=O) groups is 1. The zero-order valence-corrected chi connectivity index (χ0v) is 14.1. The van der Waals surface area contributed by atoms with Crippen LogP contribution >= 0.6 is 0 Å². The Morgan fingerprint density at radius 1 is 1.38 bits per heavy atom. The van der Waals surface area contributed by atoms with Gasteiger partial charge in [0, 0.05) is 36.5 Å². The fourth-order valence-corrected chi connectivity index (χ4v) is 3.03. The summed E-state index contributed by atoms with van der Waals surface area (Å²) in [5.41, 5.74) is 0.477. The van der Waals surface area contributed by atoms with Crippen molar-refractivity contribution in [2.24, 2.45) is 5.41 Å². The summed E-state index contributed by atoms with van der Waals surface area (Å²) in [6.07, 6.45) is 5.83. The quantitative estimate of drug-likeness (QED) is 0.847. The first-order valence-electron chi connectivity index (χ1n) is 8.17. The highest BCUT2D eigenvalue weighted by Gasteiger charge is 2.43. The van der Waals surface area contributed by atoms with Crippen molar-refractivity contribution in [1.82, 2.24) is 20.0 Å². The Balaban J connectivity index is 1.65. The predicted molar refractivity (Wildman–Crippen MR) is 89.7 cm³/mol. The average Bonchev–Trinajstić information content (AvgIpc) is 3.11. The van der Waals surface area contributed by atoms with E-state index < -0.39 is 6.04 Å². The molecule has 0 unspecified atom stereocenters. The molecule has 0 saturated heterocycles. The van der Waals surface area contributed by atoms with Gasteiger partial charge in [-0.3, -0.25) is 14.4 Å². The van der Waals surface area contributed by atoms with Crippen LogP contribution < -0.4 is 5.32 Å². The number of likely N-dealkylation sites (N-methyl/N-ethyl adjacent to an activating group) is 1. The van der Waals surface area contributed by atoms with Gasteiger partial charge in [-0.05, 0) is 39.1 Å². The van der Waals surface area contributed by atoms with Crippen molar-refractivity contribution in [2.75, 3.05) is 20.6 Å². The van der Waals surface area contributed by atoms with E-state index in [1.807, 2.05) is 16.9 Å². The van der Waals surface area contributed by atoms with Gasteiger partial charge < -0.3 is 5.32 Å². The summed E-state index contributed by atoms with van der Waals surface area (Å²) in [6.45, 7) is 1.39. The van der Waals surface area contributed by atoms with E-state index in [4.69, 9.17) is 0 Å². The lowest BCUT2D eigenvalue weighted by Gasteiger charge is -2.25. The number of rotatable bonds is 7. The maximum Gasteiger partial charge on any atom is 0.242 e. The standard InChI is InChI=1S/C18H23FN4O/c1-22(2)16(14-6-3-4-7-15(14)19)17(24)20-12-18(8-9-18)13-23-11-5-10-21-23/h3-7,10-11,16H,8-9,12-13H2,1-2H3,(H,20,24)/t16-/m0/s1. The minimum Gasteiger partial charge on any atom is -0.354 e. The SMILES string of the molecule is CN(C)[C@H](C(=O)NCC1(Cn2cccn2)CC1)c1ccccc1F. The molecule has 1 aliphatic carbocycles. The number of nitrogens with one attached hydrogen (secondary N) is 1. The van der Waals surface area contributed by atoms with Crippen LogP contribution in [0.1, 0.15) is 24.4 Å². The van der Waals surface area contributed by atoms with Gasteiger partial charge in [0.05, 0.1) is 0 Å². The van der Waals surface area contributed by atoms with Gasteiger partial charge in [-0.2, -0.15) is 5.10 Å². The summed E-state index contributed by atoms with van der Waals surface area (Å²) in [7, 11) is 3.57. The molecule has 0 aliphatic heterocycles. The van der Waals surface area contributed by atoms with Crippen LogP contribution in [-0.4, -0.2) is 41.2 Å². The summed E-state index contributed by atoms with van der Waals surface area (Å²) >= 11 is 0. The molecule has 6 heteroatoms. The van der Waals surface area contributed by atoms with Crippen molar-refractivity contribution >= 4 is 5.91 Å². The normalized spacial score (nSPS) is 16.8. The molecule has 1 N–H and O–H groups in total. The van der Waals surface area contributed by atoms with Crippen molar-refractivity contribution in [3.63, 3.8) is 0 Å². The smallest absolute Gasteiger partial charge is 0.242 e. The van der Waals surface area contributed by atoms with E-state index in [1.165, 1.54) is 6.07 Å². The molecule has 2 aromatic rings. The van der Waals surface area contributed by atoms with Gasteiger partial charge in [0.1, 0.15) is 11.9 Å². The van der Waals surface area contributed by atoms with E-state index >= 15 is 0 Å². The second-order valence-corrected chi connectivity index (χ2v) is 6.81.